The summed E-state index contributed by atoms with van der Waals surface area (Å²) in [6.07, 6.45) is 35.6. The van der Waals surface area contributed by atoms with Gasteiger partial charge in [0.2, 0.25) is 0 Å². The molecule has 8 aliphatic rings. The number of rotatable bonds is 4. The zero-order chi connectivity index (χ0) is 25.8. The molecule has 9 atom stereocenters. The largest absolute Gasteiger partial charge is 0.294 e. The molecule has 0 amide bonds. The minimum atomic E-state index is 0.935. The minimum Gasteiger partial charge on any atom is -0.294 e. The number of hydrogen-bond donors (Lipinski definition) is 0. The van der Waals surface area contributed by atoms with Gasteiger partial charge in [-0.05, 0) is 125 Å². The molecule has 39 heavy (non-hydrogen) atoms. The second-order valence-corrected chi connectivity index (χ2v) is 18.7. The van der Waals surface area contributed by atoms with E-state index >= 15 is 0 Å². The lowest BCUT2D eigenvalue weighted by molar-refractivity contribution is 0.00728. The highest BCUT2D eigenvalue weighted by atomic mass is 32.2. The number of hydrogen-bond acceptors (Lipinski definition) is 3. The van der Waals surface area contributed by atoms with Gasteiger partial charge in [-0.15, -0.1) is 0 Å². The minimum absolute atomic E-state index is 0.935. The topological polar surface area (TPSA) is 3.24 Å². The van der Waals surface area contributed by atoms with Gasteiger partial charge in [0.1, 0.15) is 0 Å². The Morgan fingerprint density at radius 1 is 0.359 bits per heavy atom. The van der Waals surface area contributed by atoms with Crippen molar-refractivity contribution in [3.8, 4) is 0 Å². The van der Waals surface area contributed by atoms with Gasteiger partial charge < -0.3 is 0 Å². The van der Waals surface area contributed by atoms with Crippen LogP contribution < -0.4 is 0 Å². The van der Waals surface area contributed by atoms with E-state index in [1.807, 2.05) is 0 Å². The lowest BCUT2D eigenvalue weighted by Gasteiger charge is -2.49. The zero-order valence-corrected chi connectivity index (χ0v) is 26.7. The van der Waals surface area contributed by atoms with E-state index in [4.69, 9.17) is 0 Å². The third kappa shape index (κ3) is 5.13. The molecule has 2 aliphatic heterocycles. The number of fused-ring (bicyclic) bond motifs is 7. The second-order valence-electron chi connectivity index (χ2n) is 15.9. The highest BCUT2D eigenvalue weighted by Crippen LogP contribution is 2.66. The first-order chi connectivity index (χ1) is 19.3. The Bertz CT molecular complexity index is 793. The normalized spacial score (nSPS) is 49.3. The lowest BCUT2D eigenvalue weighted by Crippen LogP contribution is -2.52. The van der Waals surface area contributed by atoms with Crippen molar-refractivity contribution in [1.29, 1.82) is 0 Å². The Morgan fingerprint density at radius 3 is 1.69 bits per heavy atom. The molecule has 2 saturated heterocycles. The maximum Gasteiger partial charge on any atom is 0.0123 e. The summed E-state index contributed by atoms with van der Waals surface area (Å²) < 4.78 is 0. The molecule has 0 spiro atoms. The fraction of sp³-hybridized carbons (Fsp3) is 1.00. The molecule has 0 bridgehead atoms. The number of nitrogens with zero attached hydrogens (tertiary/aromatic N) is 1. The van der Waals surface area contributed by atoms with Gasteiger partial charge >= 0.3 is 0 Å². The molecule has 3 heteroatoms. The molecular weight excluding hydrogens is 511 g/mol. The maximum atomic E-state index is 3.22. The first-order valence-electron chi connectivity index (χ1n) is 18.4. The molecule has 1 nitrogen and oxygen atoms in total. The van der Waals surface area contributed by atoms with Crippen LogP contribution in [0.5, 0.6) is 0 Å². The molecule has 9 unspecified atom stereocenters. The predicted octanol–water partition coefficient (Wildman–Crippen LogP) is 10.1. The van der Waals surface area contributed by atoms with Gasteiger partial charge in [-0.25, -0.2) is 0 Å². The summed E-state index contributed by atoms with van der Waals surface area (Å²) in [6, 6.07) is 2.82. The van der Waals surface area contributed by atoms with E-state index in [1.54, 1.807) is 77.0 Å². The summed E-state index contributed by atoms with van der Waals surface area (Å²) in [5.74, 6) is 6.56. The van der Waals surface area contributed by atoms with Crippen LogP contribution in [0.3, 0.4) is 0 Å². The fourth-order valence-electron chi connectivity index (χ4n) is 12.6. The molecule has 2 heterocycles. The highest BCUT2D eigenvalue weighted by molar-refractivity contribution is 8.01. The Morgan fingerprint density at radius 2 is 0.949 bits per heavy atom. The van der Waals surface area contributed by atoms with Gasteiger partial charge in [-0.3, -0.25) is 4.90 Å². The van der Waals surface area contributed by atoms with Crippen LogP contribution in [0.15, 0.2) is 0 Å². The predicted molar refractivity (Wildman–Crippen MR) is 171 cm³/mol. The van der Waals surface area contributed by atoms with E-state index in [0.29, 0.717) is 0 Å². The van der Waals surface area contributed by atoms with Gasteiger partial charge in [0, 0.05) is 39.1 Å². The summed E-state index contributed by atoms with van der Waals surface area (Å²) in [4.78, 5) is 3.22. The Balaban J connectivity index is 0.947. The van der Waals surface area contributed by atoms with Crippen LogP contribution in [0.4, 0.5) is 0 Å². The third-order valence-corrected chi connectivity index (χ3v) is 18.0. The Kier molecular flexibility index (Phi) is 8.36. The van der Waals surface area contributed by atoms with Crippen molar-refractivity contribution in [2.45, 2.75) is 187 Å². The first-order valence-corrected chi connectivity index (χ1v) is 20.3. The van der Waals surface area contributed by atoms with E-state index in [-0.39, 0.29) is 0 Å². The van der Waals surface area contributed by atoms with Gasteiger partial charge in [-0.2, -0.15) is 23.5 Å². The fourth-order valence-corrected chi connectivity index (χ4v) is 17.3. The average Bonchev–Trinajstić information content (AvgIpc) is 3.57. The zero-order valence-electron chi connectivity index (χ0n) is 25.0. The standard InChI is InChI=1S/C36H59NS2/c1-3-10-25(11-4-1)37(26-12-5-2-6-13-26)27-20-18-24(19-21-27)28-15-9-16-29-30-22-23-33-34(36(30)39-35(28)29)31-14-7-8-17-32(31)38-33/h24-36H,1-23H2. The highest BCUT2D eigenvalue weighted by Gasteiger charge is 2.59. The molecule has 0 radical (unpaired) electrons. The van der Waals surface area contributed by atoms with Crippen LogP contribution in [0, 0.1) is 35.5 Å². The monoisotopic (exact) mass is 569 g/mol. The molecule has 0 N–H and O–H groups in total. The van der Waals surface area contributed by atoms with Crippen molar-refractivity contribution in [2.24, 2.45) is 35.5 Å². The first kappa shape index (κ1) is 27.2. The van der Waals surface area contributed by atoms with Crippen molar-refractivity contribution < 1.29 is 0 Å². The van der Waals surface area contributed by atoms with Crippen molar-refractivity contribution >= 4 is 23.5 Å². The maximum absolute atomic E-state index is 3.22. The van der Waals surface area contributed by atoms with Crippen molar-refractivity contribution in [3.63, 3.8) is 0 Å². The smallest absolute Gasteiger partial charge is 0.0123 e. The molecule has 8 fully saturated rings. The summed E-state index contributed by atoms with van der Waals surface area (Å²) in [6.45, 7) is 0. The second kappa shape index (κ2) is 12.0. The van der Waals surface area contributed by atoms with Gasteiger partial charge in [-0.1, -0.05) is 57.8 Å². The van der Waals surface area contributed by atoms with E-state index in [0.717, 1.165) is 74.6 Å². The van der Waals surface area contributed by atoms with Crippen molar-refractivity contribution in [2.75, 3.05) is 0 Å². The quantitative estimate of drug-likeness (QED) is 0.331. The Hall–Kier alpha value is 0.660. The average molecular weight is 570 g/mol. The molecule has 0 aromatic carbocycles. The van der Waals surface area contributed by atoms with E-state index in [9.17, 15) is 0 Å². The van der Waals surface area contributed by atoms with Crippen molar-refractivity contribution in [1.82, 2.24) is 4.90 Å². The van der Waals surface area contributed by atoms with E-state index < -0.39 is 0 Å². The van der Waals surface area contributed by atoms with Crippen molar-refractivity contribution in [3.05, 3.63) is 0 Å². The molecule has 6 aliphatic carbocycles. The van der Waals surface area contributed by atoms with Gasteiger partial charge in [0.25, 0.3) is 0 Å². The molecule has 0 aromatic rings. The van der Waals surface area contributed by atoms with Crippen LogP contribution in [0.25, 0.3) is 0 Å². The Labute approximate surface area is 249 Å². The van der Waals surface area contributed by atoms with E-state index in [2.05, 4.69) is 28.4 Å². The summed E-state index contributed by atoms with van der Waals surface area (Å²) >= 11 is 5.14. The van der Waals surface area contributed by atoms with Crippen LogP contribution in [0.2, 0.25) is 0 Å². The molecular formula is C36H59NS2. The summed E-state index contributed by atoms with van der Waals surface area (Å²) in [5, 5.41) is 4.21. The SMILES string of the molecule is C1CCC(N(C2CCCCC2)C2CCC(C3CCCC4C5CCC6SC7CCCCC7C6C5SC34)CC2)CC1. The van der Waals surface area contributed by atoms with Gasteiger partial charge in [0.15, 0.2) is 0 Å². The molecule has 8 rings (SSSR count). The van der Waals surface area contributed by atoms with Crippen LogP contribution in [-0.4, -0.2) is 44.0 Å². The summed E-state index contributed by atoms with van der Waals surface area (Å²) in [7, 11) is 0. The van der Waals surface area contributed by atoms with Crippen LogP contribution in [0.1, 0.15) is 148 Å². The molecule has 6 saturated carbocycles. The molecule has 0 aromatic heterocycles. The van der Waals surface area contributed by atoms with Crippen LogP contribution >= 0.6 is 23.5 Å². The van der Waals surface area contributed by atoms with Gasteiger partial charge in [0.05, 0.1) is 0 Å². The molecule has 220 valence electrons. The number of thioether (sulfide) groups is 2. The third-order valence-electron chi connectivity index (χ3n) is 14.2. The van der Waals surface area contributed by atoms with E-state index in [1.165, 1.54) is 70.6 Å². The summed E-state index contributed by atoms with van der Waals surface area (Å²) in [5.41, 5.74) is 0. The lowest BCUT2D eigenvalue weighted by atomic mass is 9.62. The van der Waals surface area contributed by atoms with Crippen LogP contribution in [-0.2, 0) is 0 Å².